The lowest BCUT2D eigenvalue weighted by atomic mass is 10.1. The van der Waals surface area contributed by atoms with Crippen LogP contribution in [0.4, 0.5) is 0 Å². The molecule has 0 spiro atoms. The summed E-state index contributed by atoms with van der Waals surface area (Å²) in [5.41, 5.74) is 13.9. The van der Waals surface area contributed by atoms with E-state index < -0.39 is 7.60 Å². The molecule has 2 aliphatic rings. The van der Waals surface area contributed by atoms with E-state index >= 15 is 0 Å². The van der Waals surface area contributed by atoms with E-state index in [0.717, 1.165) is 186 Å². The first-order chi connectivity index (χ1) is 62.2. The molecular formula is C108H123N8O4PS6. The van der Waals surface area contributed by atoms with Gasteiger partial charge < -0.3 is 24.5 Å². The van der Waals surface area contributed by atoms with Gasteiger partial charge in [0.2, 0.25) is 0 Å². The summed E-state index contributed by atoms with van der Waals surface area (Å²) in [6.45, 7) is 14.1. The number of nitrogens with zero attached hydrogens (tertiary/aromatic N) is 6. The van der Waals surface area contributed by atoms with Crippen LogP contribution in [0, 0.1) is 0 Å². The molecule has 15 rings (SSSR count). The Bertz CT molecular complexity index is 6040. The molecule has 19 heteroatoms. The Kier molecular flexibility index (Phi) is 34.5. The van der Waals surface area contributed by atoms with E-state index in [2.05, 4.69) is 246 Å². The van der Waals surface area contributed by atoms with Crippen LogP contribution in [0.1, 0.15) is 242 Å². The Morgan fingerprint density at radius 2 is 0.512 bits per heavy atom. The molecule has 12 nitrogen and oxygen atoms in total. The van der Waals surface area contributed by atoms with Crippen molar-refractivity contribution in [2.24, 2.45) is 0 Å². The Morgan fingerprint density at radius 3 is 0.780 bits per heavy atom. The number of aromatic nitrogens is 8. The number of hydrogen-bond acceptors (Lipinski definition) is 14. The van der Waals surface area contributed by atoms with Crippen LogP contribution in [0.15, 0.2) is 259 Å². The van der Waals surface area contributed by atoms with Crippen molar-refractivity contribution in [3.05, 3.63) is 234 Å². The quantitative estimate of drug-likeness (QED) is 0.0209. The lowest BCUT2D eigenvalue weighted by Crippen LogP contribution is -1.97. The fraction of sp³-hybridized carbons (Fsp3) is 0.370. The number of rotatable bonds is 48. The number of aryl methyl sites for hydroxylation is 6. The Balaban J connectivity index is 0.953. The molecule has 127 heavy (non-hydrogen) atoms. The summed E-state index contributed by atoms with van der Waals surface area (Å²) < 4.78 is 18.2. The zero-order valence-electron chi connectivity index (χ0n) is 74.9. The number of benzene rings is 10. The van der Waals surface area contributed by atoms with Crippen molar-refractivity contribution >= 4 is 122 Å². The SMILES string of the molecule is CCCCCc1ccc(Sc2cc3c(cc2Sc2ccc(CCCCC)cc2)-c2nc-3nc3[nH]c(nc4nc(nc5[nH]c(n2)c2cc(Sc6ccc(CCCCC)cc6)c(Sc6ccc(CCCCC)cc6)cc52)-c2cc(OCCCCCCCCCCP(=O)(O)O)ccc2-4)c2cc(Sc4ccc(CCCCC)cc4)c(Sc4ccc(CCCCC)cc4)cc32)cc1. The van der Waals surface area contributed by atoms with Gasteiger partial charge in [-0.05, 0) is 251 Å². The molecule has 4 N–H and O–H groups in total. The first-order valence-electron chi connectivity index (χ1n) is 47.0. The summed E-state index contributed by atoms with van der Waals surface area (Å²) in [6.07, 6.45) is 35.1. The molecule has 5 heterocycles. The van der Waals surface area contributed by atoms with Crippen LogP contribution in [0.5, 0.6) is 5.75 Å². The van der Waals surface area contributed by atoms with Crippen LogP contribution in [0.25, 0.3) is 89.7 Å². The third-order valence-electron chi connectivity index (χ3n) is 23.9. The van der Waals surface area contributed by atoms with Crippen LogP contribution < -0.4 is 4.74 Å². The van der Waals surface area contributed by atoms with Crippen LogP contribution in [0.2, 0.25) is 0 Å². The summed E-state index contributed by atoms with van der Waals surface area (Å²) in [6, 6.07) is 75.4. The minimum atomic E-state index is -3.97. The molecule has 0 saturated heterocycles. The van der Waals surface area contributed by atoms with Gasteiger partial charge in [0.05, 0.1) is 6.61 Å². The van der Waals surface area contributed by atoms with Crippen molar-refractivity contribution in [2.45, 2.75) is 306 Å². The number of ether oxygens (including phenoxy) is 1. The number of nitrogens with one attached hydrogen (secondary N) is 2. The van der Waals surface area contributed by atoms with Gasteiger partial charge in [-0.3, -0.25) is 4.57 Å². The normalized spacial score (nSPS) is 12.0. The van der Waals surface area contributed by atoms with E-state index in [1.54, 1.807) is 70.6 Å². The smallest absolute Gasteiger partial charge is 0.325 e. The van der Waals surface area contributed by atoms with Crippen molar-refractivity contribution in [1.82, 2.24) is 39.9 Å². The lowest BCUT2D eigenvalue weighted by molar-refractivity contribution is 0.304. The average molecular weight is 1820 g/mol. The topological polar surface area (TPSA) is 176 Å². The molecular weight excluding hydrogens is 1700 g/mol. The largest absolute Gasteiger partial charge is 0.494 e. The molecule has 8 bridgehead atoms. The molecule has 0 fully saturated rings. The van der Waals surface area contributed by atoms with Crippen molar-refractivity contribution in [3.8, 4) is 51.3 Å². The summed E-state index contributed by atoms with van der Waals surface area (Å²) in [7, 11) is -3.97. The third-order valence-corrected chi connectivity index (χ3v) is 31.6. The zero-order chi connectivity index (χ0) is 87.7. The zero-order valence-corrected chi connectivity index (χ0v) is 80.7. The fourth-order valence-electron chi connectivity index (χ4n) is 16.6. The van der Waals surface area contributed by atoms with E-state index in [-0.39, 0.29) is 6.16 Å². The number of hydrogen-bond donors (Lipinski definition) is 4. The summed E-state index contributed by atoms with van der Waals surface area (Å²) in [4.78, 5) is 74.7. The summed E-state index contributed by atoms with van der Waals surface area (Å²) in [5.74, 6) is 2.78. The Labute approximate surface area is 778 Å². The van der Waals surface area contributed by atoms with Gasteiger partial charge in [0, 0.05) is 109 Å². The van der Waals surface area contributed by atoms with Gasteiger partial charge in [0.25, 0.3) is 0 Å². The minimum absolute atomic E-state index is 0.0421. The number of fused-ring (bicyclic) bond motifs is 20. The predicted octanol–water partition coefficient (Wildman–Crippen LogP) is 32.8. The number of H-pyrrole nitrogens is 2. The average Bonchev–Trinajstić information content (AvgIpc) is 1.59. The van der Waals surface area contributed by atoms with Gasteiger partial charge in [-0.15, -0.1) is 0 Å². The predicted molar refractivity (Wildman–Crippen MR) is 538 cm³/mol. The molecule has 2 aliphatic heterocycles. The van der Waals surface area contributed by atoms with Gasteiger partial charge in [0.1, 0.15) is 28.3 Å². The van der Waals surface area contributed by atoms with Crippen molar-refractivity contribution in [2.75, 3.05) is 12.8 Å². The van der Waals surface area contributed by atoms with Gasteiger partial charge in [0.15, 0.2) is 23.3 Å². The summed E-state index contributed by atoms with van der Waals surface area (Å²) in [5, 5.41) is 3.57. The van der Waals surface area contributed by atoms with Crippen LogP contribution >= 0.6 is 78.2 Å². The molecule has 0 radical (unpaired) electrons. The first-order valence-corrected chi connectivity index (χ1v) is 53.7. The van der Waals surface area contributed by atoms with E-state index in [9.17, 15) is 14.4 Å². The van der Waals surface area contributed by atoms with Gasteiger partial charge in [-0.2, -0.15) is 0 Å². The fourth-order valence-corrected chi connectivity index (χ4v) is 23.2. The molecule has 0 saturated carbocycles. The minimum Gasteiger partial charge on any atom is -0.494 e. The van der Waals surface area contributed by atoms with Crippen LogP contribution in [-0.2, 0) is 43.1 Å². The molecule has 13 aromatic rings. The second kappa shape index (κ2) is 46.9. The third kappa shape index (κ3) is 26.1. The Hall–Kier alpha value is -8.39. The highest BCUT2D eigenvalue weighted by atomic mass is 32.2. The van der Waals surface area contributed by atoms with E-state index in [4.69, 9.17) is 34.6 Å². The molecule has 0 amide bonds. The van der Waals surface area contributed by atoms with Gasteiger partial charge >= 0.3 is 7.60 Å². The second-order valence-electron chi connectivity index (χ2n) is 34.1. The van der Waals surface area contributed by atoms with E-state index in [1.165, 1.54) is 149 Å². The number of aromatic amines is 2. The van der Waals surface area contributed by atoms with Gasteiger partial charge in [-0.25, -0.2) is 29.9 Å². The van der Waals surface area contributed by atoms with Crippen molar-refractivity contribution < 1.29 is 19.1 Å². The highest BCUT2D eigenvalue weighted by Gasteiger charge is 2.28. The molecule has 0 atom stereocenters. The van der Waals surface area contributed by atoms with Crippen molar-refractivity contribution in [3.63, 3.8) is 0 Å². The maximum atomic E-state index is 11.5. The first kappa shape index (κ1) is 93.3. The maximum absolute atomic E-state index is 11.5. The molecule has 3 aromatic heterocycles. The van der Waals surface area contributed by atoms with Crippen molar-refractivity contribution in [1.29, 1.82) is 0 Å². The highest BCUT2D eigenvalue weighted by Crippen LogP contribution is 2.50. The van der Waals surface area contributed by atoms with E-state index in [1.807, 2.05) is 6.07 Å². The Morgan fingerprint density at radius 1 is 0.268 bits per heavy atom. The second-order valence-corrected chi connectivity index (χ2v) is 42.6. The summed E-state index contributed by atoms with van der Waals surface area (Å²) >= 11 is 10.7. The highest BCUT2D eigenvalue weighted by molar-refractivity contribution is 8.03. The molecule has 0 unspecified atom stereocenters. The molecule has 10 aromatic carbocycles. The standard InChI is InChI=1S/C108H123N8O4PS6/c1-7-13-25-33-74-39-52-81(53-40-74)122-95-68-89-90(69-96(95)123-82-54-41-75(42-55-82)34-26-14-8-2)105-112-103(89)110-101-87-64-51-80(120-65-31-23-21-19-20-22-24-32-66-121(117,118)119)67-88(87)102(109-101)111-104-91-70-97(124-83-56-43-76(44-57-83)35-27-15-9-3)98(125-84-58-45-77(46-59-84)36-28-16-10-4)71-92(91)106(113-104)115-108-94-73-100(127-86-62-49-79(50-63-86)38-30-18-12-6)99(72-93(94)107(114-105)116-108)126-85-60-47-78(48-61-85)37-29-17-11-5/h39-64,67-73H,7-38,65-66H2,1-6H3,(H2,117,118,119)(H2,109,110,111,112,113,114,115,116). The van der Waals surface area contributed by atoms with Gasteiger partial charge in [-0.1, -0.05) is 300 Å². The molecule has 660 valence electrons. The maximum Gasteiger partial charge on any atom is 0.325 e. The monoisotopic (exact) mass is 1820 g/mol. The number of unbranched alkanes of at least 4 members (excludes halogenated alkanes) is 19. The molecule has 0 aliphatic carbocycles. The van der Waals surface area contributed by atoms with Crippen LogP contribution in [-0.4, -0.2) is 62.4 Å². The van der Waals surface area contributed by atoms with Crippen LogP contribution in [0.3, 0.4) is 0 Å². The van der Waals surface area contributed by atoms with E-state index in [0.29, 0.717) is 64.7 Å². The lowest BCUT2D eigenvalue weighted by Gasteiger charge is -2.13.